The van der Waals surface area contributed by atoms with E-state index in [9.17, 15) is 0 Å². The molecule has 0 aromatic heterocycles. The zero-order chi connectivity index (χ0) is 18.5. The maximum atomic E-state index is 5.54. The van der Waals surface area contributed by atoms with Gasteiger partial charge in [-0.1, -0.05) is 24.3 Å². The Kier molecular flexibility index (Phi) is 6.17. The average molecular weight is 383 g/mol. The van der Waals surface area contributed by atoms with Crippen molar-refractivity contribution in [1.82, 2.24) is 0 Å². The molecule has 3 aromatic carbocycles. The van der Waals surface area contributed by atoms with Gasteiger partial charge in [0.05, 0.1) is 14.2 Å². The van der Waals surface area contributed by atoms with Crippen LogP contribution in [0.5, 0.6) is 11.5 Å². The van der Waals surface area contributed by atoms with E-state index in [4.69, 9.17) is 9.47 Å². The van der Waals surface area contributed by atoms with Crippen LogP contribution >= 0.6 is 23.5 Å². The van der Waals surface area contributed by atoms with E-state index in [1.165, 1.54) is 9.79 Å². The SMILES string of the molecule is COc1cc(-c2ccc(SC)cc2)c(-c2ccc(SC)cc2)cc1OC. The second kappa shape index (κ2) is 8.56. The Morgan fingerprint density at radius 3 is 1.19 bits per heavy atom. The van der Waals surface area contributed by atoms with Gasteiger partial charge in [-0.25, -0.2) is 0 Å². The van der Waals surface area contributed by atoms with E-state index < -0.39 is 0 Å². The molecule has 0 unspecified atom stereocenters. The van der Waals surface area contributed by atoms with Gasteiger partial charge in [-0.3, -0.25) is 0 Å². The Balaban J connectivity index is 2.18. The first-order valence-electron chi connectivity index (χ1n) is 8.25. The first kappa shape index (κ1) is 18.7. The molecular weight excluding hydrogens is 360 g/mol. The topological polar surface area (TPSA) is 18.5 Å². The van der Waals surface area contributed by atoms with Gasteiger partial charge in [0.25, 0.3) is 0 Å². The third-order valence-electron chi connectivity index (χ3n) is 4.33. The van der Waals surface area contributed by atoms with Crippen molar-refractivity contribution in [2.45, 2.75) is 9.79 Å². The summed E-state index contributed by atoms with van der Waals surface area (Å²) < 4.78 is 11.1. The first-order valence-corrected chi connectivity index (χ1v) is 10.7. The molecule has 0 aliphatic rings. The number of hydrogen-bond donors (Lipinski definition) is 0. The molecule has 4 heteroatoms. The number of hydrogen-bond acceptors (Lipinski definition) is 4. The zero-order valence-electron chi connectivity index (χ0n) is 15.4. The Bertz CT molecular complexity index is 797. The minimum Gasteiger partial charge on any atom is -0.493 e. The van der Waals surface area contributed by atoms with Crippen LogP contribution < -0.4 is 9.47 Å². The van der Waals surface area contributed by atoms with E-state index in [-0.39, 0.29) is 0 Å². The van der Waals surface area contributed by atoms with Gasteiger partial charge in [-0.15, -0.1) is 23.5 Å². The second-order valence-corrected chi connectivity index (χ2v) is 7.47. The molecule has 0 fully saturated rings. The fourth-order valence-electron chi connectivity index (χ4n) is 2.90. The third-order valence-corrected chi connectivity index (χ3v) is 5.81. The molecule has 0 spiro atoms. The van der Waals surface area contributed by atoms with E-state index in [1.54, 1.807) is 37.7 Å². The van der Waals surface area contributed by atoms with Gasteiger partial charge in [0.1, 0.15) is 0 Å². The molecule has 0 radical (unpaired) electrons. The van der Waals surface area contributed by atoms with Crippen LogP contribution in [0.15, 0.2) is 70.5 Å². The molecule has 3 rings (SSSR count). The van der Waals surface area contributed by atoms with E-state index >= 15 is 0 Å². The predicted octanol–water partition coefficient (Wildman–Crippen LogP) is 6.48. The molecule has 2 nitrogen and oxygen atoms in total. The molecule has 134 valence electrons. The summed E-state index contributed by atoms with van der Waals surface area (Å²) in [6.45, 7) is 0. The summed E-state index contributed by atoms with van der Waals surface area (Å²) in [6.07, 6.45) is 4.17. The molecule has 0 saturated heterocycles. The van der Waals surface area contributed by atoms with Gasteiger partial charge in [0.2, 0.25) is 0 Å². The van der Waals surface area contributed by atoms with Crippen LogP contribution in [0.1, 0.15) is 0 Å². The lowest BCUT2D eigenvalue weighted by atomic mass is 9.94. The van der Waals surface area contributed by atoms with E-state index in [0.717, 1.165) is 33.8 Å². The highest BCUT2D eigenvalue weighted by atomic mass is 32.2. The van der Waals surface area contributed by atoms with E-state index in [2.05, 4.69) is 73.2 Å². The van der Waals surface area contributed by atoms with Crippen molar-refractivity contribution in [1.29, 1.82) is 0 Å². The predicted molar refractivity (Wildman–Crippen MR) is 114 cm³/mol. The van der Waals surface area contributed by atoms with Crippen molar-refractivity contribution >= 4 is 23.5 Å². The largest absolute Gasteiger partial charge is 0.493 e. The molecule has 0 saturated carbocycles. The third kappa shape index (κ3) is 3.87. The highest BCUT2D eigenvalue weighted by Crippen LogP contribution is 2.41. The van der Waals surface area contributed by atoms with Gasteiger partial charge in [0.15, 0.2) is 11.5 Å². The van der Waals surface area contributed by atoms with Crippen LogP contribution in [0, 0.1) is 0 Å². The standard InChI is InChI=1S/C22H22O2S2/c1-23-21-13-19(15-5-9-17(25-3)10-6-15)20(14-22(21)24-2)16-7-11-18(26-4)12-8-16/h5-14H,1-4H3. The van der Waals surface area contributed by atoms with Crippen LogP contribution in [-0.2, 0) is 0 Å². The highest BCUT2D eigenvalue weighted by molar-refractivity contribution is 7.98. The van der Waals surface area contributed by atoms with Crippen molar-refractivity contribution in [3.05, 3.63) is 60.7 Å². The quantitative estimate of drug-likeness (QED) is 0.454. The maximum absolute atomic E-state index is 5.54. The molecule has 0 amide bonds. The van der Waals surface area contributed by atoms with Crippen molar-refractivity contribution in [2.24, 2.45) is 0 Å². The van der Waals surface area contributed by atoms with Gasteiger partial charge in [0, 0.05) is 9.79 Å². The Morgan fingerprint density at radius 2 is 0.923 bits per heavy atom. The smallest absolute Gasteiger partial charge is 0.161 e. The fourth-order valence-corrected chi connectivity index (χ4v) is 3.71. The molecule has 0 bridgehead atoms. The Labute approximate surface area is 163 Å². The zero-order valence-corrected chi connectivity index (χ0v) is 17.0. The van der Waals surface area contributed by atoms with Gasteiger partial charge in [-0.05, 0) is 71.2 Å². The molecule has 0 aliphatic heterocycles. The van der Waals surface area contributed by atoms with Crippen molar-refractivity contribution < 1.29 is 9.47 Å². The van der Waals surface area contributed by atoms with E-state index in [0.29, 0.717) is 0 Å². The van der Waals surface area contributed by atoms with Crippen LogP contribution in [0.3, 0.4) is 0 Å². The summed E-state index contributed by atoms with van der Waals surface area (Å²) >= 11 is 3.49. The number of thioether (sulfide) groups is 2. The van der Waals surface area contributed by atoms with Crippen molar-refractivity contribution in [3.63, 3.8) is 0 Å². The number of ether oxygens (including phenoxy) is 2. The van der Waals surface area contributed by atoms with Gasteiger partial charge < -0.3 is 9.47 Å². The monoisotopic (exact) mass is 382 g/mol. The summed E-state index contributed by atoms with van der Waals surface area (Å²) in [5.74, 6) is 1.47. The molecule has 3 aromatic rings. The molecule has 0 heterocycles. The lowest BCUT2D eigenvalue weighted by molar-refractivity contribution is 0.355. The Hall–Kier alpha value is -2.04. The Morgan fingerprint density at radius 1 is 0.577 bits per heavy atom. The van der Waals surface area contributed by atoms with Crippen LogP contribution in [0.2, 0.25) is 0 Å². The molecule has 0 N–H and O–H groups in total. The van der Waals surface area contributed by atoms with E-state index in [1.807, 2.05) is 0 Å². The van der Waals surface area contributed by atoms with Gasteiger partial charge in [-0.2, -0.15) is 0 Å². The van der Waals surface area contributed by atoms with Crippen LogP contribution in [0.25, 0.3) is 22.3 Å². The van der Waals surface area contributed by atoms with Crippen molar-refractivity contribution in [3.8, 4) is 33.8 Å². The number of methoxy groups -OCH3 is 2. The van der Waals surface area contributed by atoms with Crippen molar-refractivity contribution in [2.75, 3.05) is 26.7 Å². The lowest BCUT2D eigenvalue weighted by Gasteiger charge is -2.16. The molecular formula is C22H22O2S2. The van der Waals surface area contributed by atoms with Crippen LogP contribution in [-0.4, -0.2) is 26.7 Å². The van der Waals surface area contributed by atoms with Gasteiger partial charge >= 0.3 is 0 Å². The second-order valence-electron chi connectivity index (χ2n) is 5.71. The molecule has 0 atom stereocenters. The minimum absolute atomic E-state index is 0.737. The highest BCUT2D eigenvalue weighted by Gasteiger charge is 2.14. The summed E-state index contributed by atoms with van der Waals surface area (Å²) in [5, 5.41) is 0. The maximum Gasteiger partial charge on any atom is 0.161 e. The molecule has 26 heavy (non-hydrogen) atoms. The summed E-state index contributed by atoms with van der Waals surface area (Å²) in [5.41, 5.74) is 4.58. The summed E-state index contributed by atoms with van der Waals surface area (Å²) in [7, 11) is 3.34. The average Bonchev–Trinajstić information content (AvgIpc) is 2.73. The summed E-state index contributed by atoms with van der Waals surface area (Å²) in [6, 6.07) is 21.4. The number of benzene rings is 3. The normalized spacial score (nSPS) is 10.6. The molecule has 0 aliphatic carbocycles. The fraction of sp³-hybridized carbons (Fsp3) is 0.182. The van der Waals surface area contributed by atoms with Crippen LogP contribution in [0.4, 0.5) is 0 Å². The number of rotatable bonds is 6. The minimum atomic E-state index is 0.737. The first-order chi connectivity index (χ1) is 12.7. The summed E-state index contributed by atoms with van der Waals surface area (Å²) in [4.78, 5) is 2.50. The lowest BCUT2D eigenvalue weighted by Crippen LogP contribution is -1.94.